The van der Waals surface area contributed by atoms with E-state index in [9.17, 15) is 13.2 Å². The predicted octanol–water partition coefficient (Wildman–Crippen LogP) is 2.58. The van der Waals surface area contributed by atoms with Gasteiger partial charge in [-0.2, -0.15) is 21.0 Å². The van der Waals surface area contributed by atoms with Crippen LogP contribution in [0, 0.1) is 0 Å². The summed E-state index contributed by atoms with van der Waals surface area (Å²) < 4.78 is 31.0. The molecule has 1 saturated heterocycles. The van der Waals surface area contributed by atoms with Crippen molar-refractivity contribution in [2.45, 2.75) is 5.37 Å². The third-order valence-corrected chi connectivity index (χ3v) is 5.17. The van der Waals surface area contributed by atoms with Crippen LogP contribution in [-0.2, 0) is 14.6 Å². The summed E-state index contributed by atoms with van der Waals surface area (Å²) in [7, 11) is -4.27. The van der Waals surface area contributed by atoms with E-state index in [-0.39, 0.29) is 25.6 Å². The molecule has 1 unspecified atom stereocenters. The summed E-state index contributed by atoms with van der Waals surface area (Å²) in [5, 5.41) is 3.97. The normalized spacial score (nSPS) is 14.2. The van der Waals surface area contributed by atoms with E-state index in [2.05, 4.69) is 52.5 Å². The van der Waals surface area contributed by atoms with Crippen molar-refractivity contribution in [2.24, 2.45) is 11.5 Å². The summed E-state index contributed by atoms with van der Waals surface area (Å²) >= 11 is 5.78. The zero-order chi connectivity index (χ0) is 23.4. The largest absolute Gasteiger partial charge is 0.397 e. The molecule has 32 heavy (non-hydrogen) atoms. The van der Waals surface area contributed by atoms with Crippen molar-refractivity contribution in [3.05, 3.63) is 71.8 Å². The summed E-state index contributed by atoms with van der Waals surface area (Å²) in [4.78, 5) is 10.0. The summed E-state index contributed by atoms with van der Waals surface area (Å²) in [5.74, 6) is 2.03. The van der Waals surface area contributed by atoms with E-state index >= 15 is 0 Å². The van der Waals surface area contributed by atoms with Gasteiger partial charge >= 0.3 is 10.4 Å². The zero-order valence-electron chi connectivity index (χ0n) is 17.6. The van der Waals surface area contributed by atoms with E-state index in [1.807, 2.05) is 30.0 Å². The Balaban J connectivity index is 0. The number of nitrogens with one attached hydrogen (secondary N) is 1. The molecule has 2 aromatic carbocycles. The number of hydrogen-bond donors (Lipinski definition) is 5. The molecule has 1 atom stereocenters. The van der Waals surface area contributed by atoms with Gasteiger partial charge in [-0.15, -0.1) is 24.2 Å². The van der Waals surface area contributed by atoms with Crippen LogP contribution < -0.4 is 16.8 Å². The number of carbonyl (C=O) groups is 1. The molecule has 1 heterocycles. The number of thioether (sulfide) groups is 1. The molecule has 6 N–H and O–H groups in total. The predicted molar refractivity (Wildman–Crippen MR) is 138 cm³/mol. The lowest BCUT2D eigenvalue weighted by molar-refractivity contribution is 0.112. The fraction of sp³-hybridized carbons (Fsp3) is 0.350. The molecule has 0 spiro atoms. The average molecular weight is 526 g/mol. The van der Waals surface area contributed by atoms with Crippen LogP contribution in [0.4, 0.5) is 0 Å². The Morgan fingerprint density at radius 3 is 1.94 bits per heavy atom. The first-order valence-electron chi connectivity index (χ1n) is 9.40. The molecular weight excluding hydrogens is 494 g/mol. The molecule has 0 radical (unpaired) electrons. The topological polar surface area (TPSA) is 145 Å². The van der Waals surface area contributed by atoms with E-state index in [1.54, 1.807) is 12.1 Å². The van der Waals surface area contributed by atoms with Crippen LogP contribution in [-0.4, -0.2) is 57.0 Å². The molecule has 0 aliphatic carbocycles. The molecule has 0 amide bonds. The first kappa shape index (κ1) is 33.0. The van der Waals surface area contributed by atoms with Crippen molar-refractivity contribution in [3.63, 3.8) is 0 Å². The van der Waals surface area contributed by atoms with Gasteiger partial charge in [0.1, 0.15) is 6.29 Å². The van der Waals surface area contributed by atoms with Crippen LogP contribution in [0.1, 0.15) is 21.3 Å². The Labute approximate surface area is 206 Å². The Morgan fingerprint density at radius 1 is 1.09 bits per heavy atom. The number of aldehydes is 1. The fourth-order valence-electron chi connectivity index (χ4n) is 1.95. The third-order valence-electron chi connectivity index (χ3n) is 3.23. The van der Waals surface area contributed by atoms with Crippen molar-refractivity contribution in [1.29, 1.82) is 0 Å². The van der Waals surface area contributed by atoms with Crippen molar-refractivity contribution in [2.75, 3.05) is 37.7 Å². The third kappa shape index (κ3) is 19.5. The number of halogens is 1. The summed E-state index contributed by atoms with van der Waals surface area (Å²) in [5.41, 5.74) is 11.9. The fourth-order valence-corrected chi connectivity index (χ4v) is 3.32. The molecule has 3 rings (SSSR count). The van der Waals surface area contributed by atoms with Crippen LogP contribution >= 0.6 is 36.8 Å². The van der Waals surface area contributed by atoms with E-state index in [0.29, 0.717) is 11.9 Å². The van der Waals surface area contributed by atoms with Gasteiger partial charge in [-0.3, -0.25) is 9.35 Å². The van der Waals surface area contributed by atoms with Crippen LogP contribution in [0.5, 0.6) is 0 Å². The quantitative estimate of drug-likeness (QED) is 0.218. The SMILES string of the molecule is Cl.NCCOS(=O)(=O)O.NCCS.O=Cc1ccccc1.c1ccc(C2NCCS2)cc1. The highest BCUT2D eigenvalue weighted by atomic mass is 35.5. The van der Waals surface area contributed by atoms with Crippen LogP contribution in [0.3, 0.4) is 0 Å². The number of rotatable bonds is 6. The van der Waals surface area contributed by atoms with Crippen molar-refractivity contribution in [1.82, 2.24) is 5.32 Å². The maximum absolute atomic E-state index is 10.0. The lowest BCUT2D eigenvalue weighted by Crippen LogP contribution is -2.12. The number of carbonyl (C=O) groups excluding carboxylic acids is 1. The van der Waals surface area contributed by atoms with E-state index in [4.69, 9.17) is 16.0 Å². The van der Waals surface area contributed by atoms with Crippen molar-refractivity contribution >= 4 is 53.5 Å². The highest BCUT2D eigenvalue weighted by Crippen LogP contribution is 2.29. The first-order valence-corrected chi connectivity index (χ1v) is 12.5. The second-order valence-electron chi connectivity index (χ2n) is 5.69. The average Bonchev–Trinajstić information content (AvgIpc) is 3.34. The molecule has 0 bridgehead atoms. The lowest BCUT2D eigenvalue weighted by Gasteiger charge is -2.08. The highest BCUT2D eigenvalue weighted by Gasteiger charge is 2.15. The summed E-state index contributed by atoms with van der Waals surface area (Å²) in [6, 6.07) is 19.7. The molecular formula is C20H32ClN3O5S3. The molecule has 1 aliphatic heterocycles. The molecule has 182 valence electrons. The molecule has 8 nitrogen and oxygen atoms in total. The monoisotopic (exact) mass is 525 g/mol. The van der Waals surface area contributed by atoms with Gasteiger partial charge in [0, 0.05) is 36.7 Å². The molecule has 1 aliphatic rings. The zero-order valence-corrected chi connectivity index (χ0v) is 20.9. The van der Waals surface area contributed by atoms with Gasteiger partial charge in [0.05, 0.1) is 12.0 Å². The minimum Gasteiger partial charge on any atom is -0.330 e. The number of hydrogen-bond acceptors (Lipinski definition) is 9. The van der Waals surface area contributed by atoms with Gasteiger partial charge in [0.25, 0.3) is 0 Å². The molecule has 2 aromatic rings. The number of benzene rings is 2. The second-order valence-corrected chi connectivity index (χ2v) is 8.45. The molecule has 12 heteroatoms. The van der Waals surface area contributed by atoms with Gasteiger partial charge in [-0.25, -0.2) is 4.18 Å². The maximum Gasteiger partial charge on any atom is 0.397 e. The standard InChI is InChI=1S/C9H11NS.C7H6O.C2H7NO4S.C2H7NS.ClH/c1-2-4-8(5-3-1)9-10-6-7-11-9;8-6-7-4-2-1-3-5-7;3-1-2-7-8(4,5)6;3-1-2-4;/h1-5,9-10H,6-7H2;1-6H;1-3H2,(H,4,5,6);4H,1-3H2;1H. The lowest BCUT2D eigenvalue weighted by atomic mass is 10.2. The number of nitrogens with two attached hydrogens (primary N) is 2. The van der Waals surface area contributed by atoms with Crippen molar-refractivity contribution < 1.29 is 21.9 Å². The van der Waals surface area contributed by atoms with Crippen LogP contribution in [0.15, 0.2) is 60.7 Å². The second kappa shape index (κ2) is 21.7. The maximum atomic E-state index is 10.0. The highest BCUT2D eigenvalue weighted by molar-refractivity contribution is 7.99. The van der Waals surface area contributed by atoms with E-state index in [1.165, 1.54) is 11.3 Å². The van der Waals surface area contributed by atoms with Gasteiger partial charge < -0.3 is 16.8 Å². The summed E-state index contributed by atoms with van der Waals surface area (Å²) in [6.07, 6.45) is 0.833. The minimum absolute atomic E-state index is 0. The minimum atomic E-state index is -4.27. The Hall–Kier alpha value is -1.15. The Kier molecular flexibility index (Phi) is 22.4. The molecule has 0 saturated carbocycles. The van der Waals surface area contributed by atoms with Gasteiger partial charge in [-0.1, -0.05) is 60.7 Å². The van der Waals surface area contributed by atoms with Gasteiger partial charge in [0.15, 0.2) is 0 Å². The van der Waals surface area contributed by atoms with Gasteiger partial charge in [0.2, 0.25) is 0 Å². The first-order chi connectivity index (χ1) is 14.9. The van der Waals surface area contributed by atoms with Crippen LogP contribution in [0.2, 0.25) is 0 Å². The smallest absolute Gasteiger partial charge is 0.330 e. The van der Waals surface area contributed by atoms with Crippen LogP contribution in [0.25, 0.3) is 0 Å². The molecule has 1 fully saturated rings. The Bertz CT molecular complexity index is 780. The molecule has 0 aromatic heterocycles. The van der Waals surface area contributed by atoms with E-state index in [0.717, 1.165) is 24.1 Å². The Morgan fingerprint density at radius 2 is 1.62 bits per heavy atom. The van der Waals surface area contributed by atoms with Crippen molar-refractivity contribution in [3.8, 4) is 0 Å². The number of thiol groups is 1. The summed E-state index contributed by atoms with van der Waals surface area (Å²) in [6.45, 7) is 1.71. The van der Waals surface area contributed by atoms with Gasteiger partial charge in [-0.05, 0) is 5.56 Å². The van der Waals surface area contributed by atoms with E-state index < -0.39 is 10.4 Å².